The van der Waals surface area contributed by atoms with Crippen LogP contribution in [0.1, 0.15) is 11.3 Å². The molecule has 0 spiro atoms. The summed E-state index contributed by atoms with van der Waals surface area (Å²) in [6, 6.07) is 8.59. The van der Waals surface area contributed by atoms with Gasteiger partial charge in [0.15, 0.2) is 0 Å². The van der Waals surface area contributed by atoms with E-state index in [1.165, 1.54) is 24.4 Å². The van der Waals surface area contributed by atoms with Gasteiger partial charge in [-0.2, -0.15) is 5.10 Å². The lowest BCUT2D eigenvalue weighted by molar-refractivity contribution is -0.384. The molecule has 0 unspecified atom stereocenters. The van der Waals surface area contributed by atoms with Crippen LogP contribution in [-0.4, -0.2) is 16.1 Å². The van der Waals surface area contributed by atoms with Gasteiger partial charge in [-0.1, -0.05) is 12.1 Å². The van der Waals surface area contributed by atoms with Crippen molar-refractivity contribution in [2.24, 2.45) is 5.10 Å². The number of hydrogen-bond acceptors (Lipinski definition) is 5. The highest BCUT2D eigenvalue weighted by Crippen LogP contribution is 2.21. The van der Waals surface area contributed by atoms with Crippen LogP contribution in [0.4, 0.5) is 15.9 Å². The molecule has 20 heavy (non-hydrogen) atoms. The summed E-state index contributed by atoms with van der Waals surface area (Å²) in [5.74, 6) is -0.278. The van der Waals surface area contributed by atoms with Crippen LogP contribution in [0.25, 0.3) is 0 Å². The van der Waals surface area contributed by atoms with Gasteiger partial charge in [0.05, 0.1) is 11.1 Å². The molecule has 0 saturated heterocycles. The van der Waals surface area contributed by atoms with E-state index in [-0.39, 0.29) is 17.3 Å². The predicted octanol–water partition coefficient (Wildman–Crippen LogP) is 2.88. The van der Waals surface area contributed by atoms with Crippen molar-refractivity contribution in [3.8, 4) is 0 Å². The summed E-state index contributed by atoms with van der Waals surface area (Å²) < 4.78 is 12.7. The van der Waals surface area contributed by atoms with E-state index in [1.807, 2.05) is 0 Å². The van der Waals surface area contributed by atoms with Gasteiger partial charge in [-0.25, -0.2) is 9.37 Å². The second-order valence-electron chi connectivity index (χ2n) is 4.00. The normalized spacial score (nSPS) is 10.7. The maximum Gasteiger partial charge on any atom is 0.313 e. The van der Waals surface area contributed by atoms with E-state index < -0.39 is 4.92 Å². The SMILES string of the molecule is Cc1ccc([N+](=O)[O-])c(N/N=C\c2ccc(F)cc2)n1. The summed E-state index contributed by atoms with van der Waals surface area (Å²) in [6.07, 6.45) is 1.42. The third-order valence-corrected chi connectivity index (χ3v) is 2.46. The molecular formula is C13H11FN4O2. The Hall–Kier alpha value is -2.83. The molecule has 1 heterocycles. The third kappa shape index (κ3) is 3.35. The van der Waals surface area contributed by atoms with Crippen molar-refractivity contribution in [3.05, 3.63) is 63.6 Å². The van der Waals surface area contributed by atoms with Gasteiger partial charge in [-0.15, -0.1) is 0 Å². The van der Waals surface area contributed by atoms with Crippen LogP contribution in [0.15, 0.2) is 41.5 Å². The summed E-state index contributed by atoms with van der Waals surface area (Å²) in [5, 5.41) is 14.7. The van der Waals surface area contributed by atoms with Crippen molar-refractivity contribution in [1.29, 1.82) is 0 Å². The summed E-state index contributed by atoms with van der Waals surface area (Å²) in [7, 11) is 0. The van der Waals surface area contributed by atoms with E-state index in [0.29, 0.717) is 11.3 Å². The van der Waals surface area contributed by atoms with Crippen molar-refractivity contribution < 1.29 is 9.31 Å². The van der Waals surface area contributed by atoms with Gasteiger partial charge < -0.3 is 0 Å². The van der Waals surface area contributed by atoms with Crippen LogP contribution in [0.5, 0.6) is 0 Å². The van der Waals surface area contributed by atoms with Crippen LogP contribution in [-0.2, 0) is 0 Å². The molecule has 0 radical (unpaired) electrons. The lowest BCUT2D eigenvalue weighted by Gasteiger charge is -2.02. The lowest BCUT2D eigenvalue weighted by Crippen LogP contribution is -2.00. The first kappa shape index (κ1) is 13.6. The molecule has 1 N–H and O–H groups in total. The minimum absolute atomic E-state index is 0.0633. The Bertz CT molecular complexity index is 656. The first-order valence-corrected chi connectivity index (χ1v) is 5.73. The van der Waals surface area contributed by atoms with E-state index in [0.717, 1.165) is 0 Å². The molecule has 0 atom stereocenters. The highest BCUT2D eigenvalue weighted by molar-refractivity contribution is 5.80. The first-order chi connectivity index (χ1) is 9.56. The topological polar surface area (TPSA) is 80.4 Å². The smallest absolute Gasteiger partial charge is 0.258 e. The van der Waals surface area contributed by atoms with Gasteiger partial charge in [-0.05, 0) is 30.7 Å². The number of hydrazone groups is 1. The number of aryl methyl sites for hydroxylation is 1. The Labute approximate surface area is 114 Å². The maximum absolute atomic E-state index is 12.7. The fourth-order valence-electron chi connectivity index (χ4n) is 1.50. The van der Waals surface area contributed by atoms with E-state index in [9.17, 15) is 14.5 Å². The van der Waals surface area contributed by atoms with Crippen LogP contribution >= 0.6 is 0 Å². The molecule has 102 valence electrons. The average Bonchev–Trinajstić information content (AvgIpc) is 2.41. The number of nitro groups is 1. The highest BCUT2D eigenvalue weighted by Gasteiger charge is 2.14. The van der Waals surface area contributed by atoms with E-state index >= 15 is 0 Å². The van der Waals surface area contributed by atoms with E-state index in [2.05, 4.69) is 15.5 Å². The lowest BCUT2D eigenvalue weighted by atomic mass is 10.2. The number of halogens is 1. The zero-order valence-corrected chi connectivity index (χ0v) is 10.6. The summed E-state index contributed by atoms with van der Waals surface area (Å²) in [5.41, 5.74) is 3.66. The van der Waals surface area contributed by atoms with Crippen LogP contribution in [0, 0.1) is 22.9 Å². The number of anilines is 1. The number of nitrogens with one attached hydrogen (secondary N) is 1. The van der Waals surface area contributed by atoms with Gasteiger partial charge >= 0.3 is 5.69 Å². The fourth-order valence-corrected chi connectivity index (χ4v) is 1.50. The zero-order valence-electron chi connectivity index (χ0n) is 10.6. The Balaban J connectivity index is 2.16. The number of aromatic nitrogens is 1. The molecule has 0 bridgehead atoms. The fraction of sp³-hybridized carbons (Fsp3) is 0.0769. The minimum atomic E-state index is -0.539. The van der Waals surface area contributed by atoms with Crippen molar-refractivity contribution in [3.63, 3.8) is 0 Å². The molecule has 1 aromatic carbocycles. The maximum atomic E-state index is 12.7. The summed E-state index contributed by atoms with van der Waals surface area (Å²) in [6.45, 7) is 1.72. The zero-order chi connectivity index (χ0) is 14.5. The van der Waals surface area contributed by atoms with Crippen LogP contribution < -0.4 is 5.43 Å². The second kappa shape index (κ2) is 5.87. The van der Waals surface area contributed by atoms with Gasteiger partial charge in [-0.3, -0.25) is 15.5 Å². The molecule has 2 aromatic rings. The summed E-state index contributed by atoms with van der Waals surface area (Å²) in [4.78, 5) is 14.3. The molecule has 6 nitrogen and oxygen atoms in total. The molecule has 2 rings (SSSR count). The number of benzene rings is 1. The number of hydrogen-bond donors (Lipinski definition) is 1. The molecule has 1 aromatic heterocycles. The first-order valence-electron chi connectivity index (χ1n) is 5.73. The molecule has 0 fully saturated rings. The average molecular weight is 274 g/mol. The van der Waals surface area contributed by atoms with Crippen molar-refractivity contribution in [1.82, 2.24) is 4.98 Å². The number of rotatable bonds is 4. The van der Waals surface area contributed by atoms with Crippen molar-refractivity contribution >= 4 is 17.7 Å². The highest BCUT2D eigenvalue weighted by atomic mass is 19.1. The molecule has 0 aliphatic rings. The van der Waals surface area contributed by atoms with Crippen LogP contribution in [0.3, 0.4) is 0 Å². The Morgan fingerprint density at radius 3 is 2.65 bits per heavy atom. The Morgan fingerprint density at radius 2 is 2.00 bits per heavy atom. The van der Waals surface area contributed by atoms with Gasteiger partial charge in [0, 0.05) is 11.8 Å². The molecule has 0 aliphatic heterocycles. The Kier molecular flexibility index (Phi) is 3.99. The monoisotopic (exact) mass is 274 g/mol. The van der Waals surface area contributed by atoms with Gasteiger partial charge in [0.2, 0.25) is 5.82 Å². The minimum Gasteiger partial charge on any atom is -0.258 e. The second-order valence-corrected chi connectivity index (χ2v) is 4.00. The number of pyridine rings is 1. The largest absolute Gasteiger partial charge is 0.313 e. The molecular weight excluding hydrogens is 263 g/mol. The predicted molar refractivity (Wildman–Crippen MR) is 73.2 cm³/mol. The molecule has 0 aliphatic carbocycles. The van der Waals surface area contributed by atoms with Gasteiger partial charge in [0.1, 0.15) is 5.82 Å². The van der Waals surface area contributed by atoms with Crippen molar-refractivity contribution in [2.75, 3.05) is 5.43 Å². The van der Waals surface area contributed by atoms with Gasteiger partial charge in [0.25, 0.3) is 0 Å². The summed E-state index contributed by atoms with van der Waals surface area (Å²) >= 11 is 0. The molecule has 0 saturated carbocycles. The molecule has 0 amide bonds. The third-order valence-electron chi connectivity index (χ3n) is 2.46. The Morgan fingerprint density at radius 1 is 1.30 bits per heavy atom. The van der Waals surface area contributed by atoms with Crippen molar-refractivity contribution in [2.45, 2.75) is 6.92 Å². The van der Waals surface area contributed by atoms with E-state index in [4.69, 9.17) is 0 Å². The molecule has 7 heteroatoms. The quantitative estimate of drug-likeness (QED) is 0.528. The standard InChI is InChI=1S/C13H11FN4O2/c1-9-2-7-12(18(19)20)13(16-9)17-15-8-10-3-5-11(14)6-4-10/h2-8H,1H3,(H,16,17)/b15-8-. The van der Waals surface area contributed by atoms with Crippen LogP contribution in [0.2, 0.25) is 0 Å². The van der Waals surface area contributed by atoms with E-state index in [1.54, 1.807) is 25.1 Å². The number of nitrogens with zero attached hydrogens (tertiary/aromatic N) is 3.